The molecule has 63 heavy (non-hydrogen) atoms. The minimum absolute atomic E-state index is 0. The molecule has 5 N–H and O–H groups in total. The van der Waals surface area contributed by atoms with Gasteiger partial charge in [0.2, 0.25) is 11.8 Å². The van der Waals surface area contributed by atoms with Crippen LogP contribution >= 0.6 is 0 Å². The van der Waals surface area contributed by atoms with Crippen LogP contribution in [-0.2, 0) is 23.4 Å². The molecule has 0 bridgehead atoms. The number of carboxylic acids is 2. The third-order valence-electron chi connectivity index (χ3n) is 9.50. The summed E-state index contributed by atoms with van der Waals surface area (Å²) in [4.78, 5) is 31.6. The Balaban J connectivity index is 0.000000206. The van der Waals surface area contributed by atoms with Crippen molar-refractivity contribution in [2.24, 2.45) is 9.98 Å². The van der Waals surface area contributed by atoms with E-state index in [1.54, 1.807) is 92.0 Å². The van der Waals surface area contributed by atoms with Crippen molar-refractivity contribution < 1.29 is 56.6 Å². The number of aromatic nitrogens is 4. The fourth-order valence-electron chi connectivity index (χ4n) is 6.33. The number of hydrogen-bond donors (Lipinski definition) is 5. The van der Waals surface area contributed by atoms with Gasteiger partial charge in [-0.1, -0.05) is 97.1 Å². The molecule has 0 aliphatic carbocycles. The molecular formula is C48H38CoN6O8. The van der Waals surface area contributed by atoms with Crippen LogP contribution in [-0.4, -0.2) is 76.6 Å². The zero-order valence-electron chi connectivity index (χ0n) is 33.4. The summed E-state index contributed by atoms with van der Waals surface area (Å²) in [5.41, 5.74) is 6.00. The Hall–Kier alpha value is -8.11. The molecule has 6 aromatic carbocycles. The smallest absolute Gasteiger partial charge is 0.337 e. The molecule has 0 saturated carbocycles. The third-order valence-corrected chi connectivity index (χ3v) is 9.50. The van der Waals surface area contributed by atoms with Gasteiger partial charge in [0.1, 0.15) is 17.1 Å². The first kappa shape index (κ1) is 44.4. The summed E-state index contributed by atoms with van der Waals surface area (Å²) in [6.45, 7) is -0.0818. The summed E-state index contributed by atoms with van der Waals surface area (Å²) in [6.07, 6.45) is 2.86. The first-order valence-electron chi connectivity index (χ1n) is 19.0. The van der Waals surface area contributed by atoms with Crippen molar-refractivity contribution >= 4 is 35.7 Å². The summed E-state index contributed by atoms with van der Waals surface area (Å²) in [6, 6.07) is 45.6. The van der Waals surface area contributed by atoms with E-state index in [0.717, 1.165) is 16.7 Å². The van der Waals surface area contributed by atoms with Crippen LogP contribution in [0.15, 0.2) is 168 Å². The van der Waals surface area contributed by atoms with Gasteiger partial charge in [-0.2, -0.15) is 10.2 Å². The van der Waals surface area contributed by atoms with Gasteiger partial charge in [0, 0.05) is 40.3 Å². The number of aliphatic hydroxyl groups excluding tert-OH is 1. The second-order valence-corrected chi connectivity index (χ2v) is 13.4. The monoisotopic (exact) mass is 885 g/mol. The third kappa shape index (κ3) is 10.1. The van der Waals surface area contributed by atoms with Crippen molar-refractivity contribution in [1.29, 1.82) is 0 Å². The maximum atomic E-state index is 11.5. The molecule has 0 aliphatic heterocycles. The Kier molecular flexibility index (Phi) is 14.4. The Labute approximate surface area is 371 Å². The number of aromatic hydroxyl groups is 2. The summed E-state index contributed by atoms with van der Waals surface area (Å²) in [5.74, 6) is -1.72. The van der Waals surface area contributed by atoms with Crippen LogP contribution in [0, 0.1) is 0 Å². The number of para-hydroxylation sites is 2. The van der Waals surface area contributed by atoms with Crippen molar-refractivity contribution in [2.75, 3.05) is 7.11 Å². The number of hydrogen-bond acceptors (Lipinski definition) is 10. The van der Waals surface area contributed by atoms with Gasteiger partial charge in [-0.3, -0.25) is 9.98 Å². The number of aliphatic hydroxyl groups is 1. The van der Waals surface area contributed by atoms with E-state index in [-0.39, 0.29) is 57.6 Å². The maximum absolute atomic E-state index is 11.5. The molecule has 0 fully saturated rings. The van der Waals surface area contributed by atoms with Crippen molar-refractivity contribution in [2.45, 2.75) is 6.61 Å². The molecule has 8 rings (SSSR count). The van der Waals surface area contributed by atoms with Crippen LogP contribution in [0.3, 0.4) is 0 Å². The number of carboxylic acid groups (broad SMARTS) is 2. The molecule has 1 radical (unpaired) electrons. The molecule has 2 aromatic heterocycles. The Morgan fingerprint density at radius 2 is 0.952 bits per heavy atom. The minimum atomic E-state index is -1.08. The molecule has 317 valence electrons. The van der Waals surface area contributed by atoms with E-state index in [0.29, 0.717) is 39.6 Å². The SMILES string of the molecule is COc1ccc(-n2nc(-c3ccccc3)c(C=Nc3ccccc3C(=O)O)c2O)cc1.O=C(O)c1ccccc1N=Cc1c(-c2ccccc2)nn(-c2ccc(CO)cc2)c1O.[Co]. The number of rotatable bonds is 12. The number of carbonyl (C=O) groups is 2. The van der Waals surface area contributed by atoms with Gasteiger partial charge in [-0.15, -0.1) is 0 Å². The van der Waals surface area contributed by atoms with Gasteiger partial charge in [0.25, 0.3) is 0 Å². The minimum Gasteiger partial charge on any atom is -0.497 e. The normalized spacial score (nSPS) is 10.9. The average Bonchev–Trinajstić information content (AvgIpc) is 3.83. The van der Waals surface area contributed by atoms with E-state index in [1.165, 1.54) is 33.9 Å². The average molecular weight is 886 g/mol. The van der Waals surface area contributed by atoms with Gasteiger partial charge in [0.15, 0.2) is 0 Å². The van der Waals surface area contributed by atoms with E-state index in [1.807, 2.05) is 60.7 Å². The molecule has 0 amide bonds. The van der Waals surface area contributed by atoms with Gasteiger partial charge in [-0.25, -0.2) is 19.0 Å². The summed E-state index contributed by atoms with van der Waals surface area (Å²) >= 11 is 0. The predicted octanol–water partition coefficient (Wildman–Crippen LogP) is 8.89. The zero-order chi connectivity index (χ0) is 43.6. The summed E-state index contributed by atoms with van der Waals surface area (Å²) in [7, 11) is 1.58. The predicted molar refractivity (Wildman–Crippen MR) is 235 cm³/mol. The molecule has 0 aliphatic rings. The second-order valence-electron chi connectivity index (χ2n) is 13.4. The van der Waals surface area contributed by atoms with E-state index in [2.05, 4.69) is 20.2 Å². The van der Waals surface area contributed by atoms with Crippen LogP contribution < -0.4 is 4.74 Å². The van der Waals surface area contributed by atoms with Crippen molar-refractivity contribution in [3.63, 3.8) is 0 Å². The maximum Gasteiger partial charge on any atom is 0.337 e. The number of methoxy groups -OCH3 is 1. The summed E-state index contributed by atoms with van der Waals surface area (Å²) < 4.78 is 7.98. The van der Waals surface area contributed by atoms with Crippen LogP contribution in [0.2, 0.25) is 0 Å². The molecule has 0 unspecified atom stereocenters. The number of ether oxygens (including phenoxy) is 1. The zero-order valence-corrected chi connectivity index (χ0v) is 34.4. The molecule has 0 atom stereocenters. The van der Waals surface area contributed by atoms with Gasteiger partial charge < -0.3 is 30.3 Å². The van der Waals surface area contributed by atoms with Crippen molar-refractivity contribution in [3.05, 3.63) is 186 Å². The fourth-order valence-corrected chi connectivity index (χ4v) is 6.33. The van der Waals surface area contributed by atoms with Gasteiger partial charge in [-0.05, 0) is 66.2 Å². The van der Waals surface area contributed by atoms with Crippen LogP contribution in [0.25, 0.3) is 33.9 Å². The molecule has 15 heteroatoms. The van der Waals surface area contributed by atoms with E-state index in [9.17, 15) is 35.1 Å². The van der Waals surface area contributed by atoms with Crippen LogP contribution in [0.5, 0.6) is 17.5 Å². The molecule has 2 heterocycles. The Bertz CT molecular complexity index is 2700. The quantitative estimate of drug-likeness (QED) is 0.0737. The first-order valence-corrected chi connectivity index (χ1v) is 19.0. The Morgan fingerprint density at radius 1 is 0.571 bits per heavy atom. The van der Waals surface area contributed by atoms with Crippen molar-refractivity contribution in [3.8, 4) is 51.4 Å². The molecule has 14 nitrogen and oxygen atoms in total. The first-order chi connectivity index (χ1) is 30.2. The standard InChI is InChI=1S/2C24H19N3O4.Co/c1-31-18-13-11-17(12-14-18)27-23(28)20(22(26-27)16-7-3-2-4-8-16)15-25-21-10-6-5-9-19(21)24(29)30;28-15-16-10-12-18(13-11-16)27-23(29)20(22(26-27)17-6-2-1-3-7-17)14-25-21-9-5-4-8-19(21)24(30)31;/h2-15,28H,1H3,(H,29,30);1-14,28-29H,15H2,(H,30,31);. The van der Waals surface area contributed by atoms with Gasteiger partial charge >= 0.3 is 11.9 Å². The van der Waals surface area contributed by atoms with E-state index in [4.69, 9.17) is 4.74 Å². The molecule has 0 saturated heterocycles. The second kappa shape index (κ2) is 20.4. The molecule has 8 aromatic rings. The van der Waals surface area contributed by atoms with E-state index < -0.39 is 11.9 Å². The number of benzene rings is 6. The largest absolute Gasteiger partial charge is 0.497 e. The van der Waals surface area contributed by atoms with E-state index >= 15 is 0 Å². The van der Waals surface area contributed by atoms with Crippen LogP contribution in [0.4, 0.5) is 11.4 Å². The van der Waals surface area contributed by atoms with Gasteiger partial charge in [0.05, 0.1) is 58.7 Å². The molecule has 0 spiro atoms. The Morgan fingerprint density at radius 3 is 1.33 bits per heavy atom. The summed E-state index contributed by atoms with van der Waals surface area (Å²) in [5, 5.41) is 59.1. The molecular weight excluding hydrogens is 847 g/mol. The topological polar surface area (TPSA) is 205 Å². The number of nitrogens with zero attached hydrogens (tertiary/aromatic N) is 6. The van der Waals surface area contributed by atoms with Crippen molar-refractivity contribution in [1.82, 2.24) is 19.6 Å². The van der Waals surface area contributed by atoms with Crippen LogP contribution in [0.1, 0.15) is 37.4 Å². The fraction of sp³-hybridized carbons (Fsp3) is 0.0417. The number of aromatic carboxylic acids is 2. The number of aliphatic imine (C=N–C) groups is 2.